The van der Waals surface area contributed by atoms with Crippen molar-refractivity contribution in [2.75, 3.05) is 7.05 Å². The fourth-order valence-electron chi connectivity index (χ4n) is 3.36. The third-order valence-electron chi connectivity index (χ3n) is 4.55. The predicted molar refractivity (Wildman–Crippen MR) is 78.3 cm³/mol. The molecule has 0 radical (unpaired) electrons. The van der Waals surface area contributed by atoms with Crippen molar-refractivity contribution in [3.8, 4) is 0 Å². The lowest BCUT2D eigenvalue weighted by Gasteiger charge is -2.43. The number of hydrogen-bond donors (Lipinski definition) is 1. The maximum atomic E-state index is 12.7. The molecule has 1 aliphatic rings. The molecule has 5 nitrogen and oxygen atoms in total. The van der Waals surface area contributed by atoms with E-state index in [-0.39, 0.29) is 12.3 Å². The Morgan fingerprint density at radius 1 is 1.29 bits per heavy atom. The van der Waals surface area contributed by atoms with Gasteiger partial charge >= 0.3 is 5.97 Å². The first-order chi connectivity index (χ1) is 9.85. The zero-order chi connectivity index (χ0) is 15.6. The van der Waals surface area contributed by atoms with Gasteiger partial charge in [-0.05, 0) is 32.8 Å². The molecule has 0 aromatic carbocycles. The molecule has 116 valence electrons. The fraction of sp³-hybridized carbons (Fsp3) is 0.625. The van der Waals surface area contributed by atoms with Crippen LogP contribution in [0.4, 0.5) is 0 Å². The molecule has 1 aromatic rings. The minimum Gasteiger partial charge on any atom is -0.481 e. The minimum absolute atomic E-state index is 0.00508. The van der Waals surface area contributed by atoms with Crippen LogP contribution < -0.4 is 0 Å². The van der Waals surface area contributed by atoms with Gasteiger partial charge in [-0.25, -0.2) is 0 Å². The van der Waals surface area contributed by atoms with Gasteiger partial charge in [-0.2, -0.15) is 0 Å². The first kappa shape index (κ1) is 15.6. The van der Waals surface area contributed by atoms with Gasteiger partial charge in [-0.1, -0.05) is 19.3 Å². The molecule has 0 atom stereocenters. The van der Waals surface area contributed by atoms with Gasteiger partial charge < -0.3 is 14.4 Å². The second-order valence-electron chi connectivity index (χ2n) is 6.05. The summed E-state index contributed by atoms with van der Waals surface area (Å²) in [5.74, 6) is 0.287. The Morgan fingerprint density at radius 2 is 1.90 bits per heavy atom. The van der Waals surface area contributed by atoms with Gasteiger partial charge in [0.1, 0.15) is 11.5 Å². The number of nitrogens with zero attached hydrogens (tertiary/aromatic N) is 1. The summed E-state index contributed by atoms with van der Waals surface area (Å²) in [5.41, 5.74) is -0.0379. The average Bonchev–Trinajstić information content (AvgIpc) is 2.76. The summed E-state index contributed by atoms with van der Waals surface area (Å²) < 4.78 is 5.42. The SMILES string of the molecule is Cc1cc(C(=O)N(C)C2(CC(=O)O)CCCCC2)c(C)o1. The van der Waals surface area contributed by atoms with Crippen molar-refractivity contribution < 1.29 is 19.1 Å². The Kier molecular flexibility index (Phi) is 4.40. The highest BCUT2D eigenvalue weighted by Crippen LogP contribution is 2.37. The molecule has 1 saturated carbocycles. The van der Waals surface area contributed by atoms with E-state index in [0.717, 1.165) is 32.1 Å². The van der Waals surface area contributed by atoms with Crippen LogP contribution in [0.2, 0.25) is 0 Å². The lowest BCUT2D eigenvalue weighted by atomic mass is 9.78. The number of furan rings is 1. The Bertz CT molecular complexity index is 540. The van der Waals surface area contributed by atoms with Gasteiger partial charge in [-0.3, -0.25) is 9.59 Å². The number of carboxylic acid groups (broad SMARTS) is 1. The molecule has 1 heterocycles. The summed E-state index contributed by atoms with van der Waals surface area (Å²) >= 11 is 0. The van der Waals surface area contributed by atoms with Gasteiger partial charge in [0.15, 0.2) is 0 Å². The maximum Gasteiger partial charge on any atom is 0.305 e. The molecule has 2 rings (SSSR count). The normalized spacial score (nSPS) is 17.5. The van der Waals surface area contributed by atoms with Crippen LogP contribution in [0, 0.1) is 13.8 Å². The van der Waals surface area contributed by atoms with Crippen LogP contribution in [0.1, 0.15) is 60.4 Å². The van der Waals surface area contributed by atoms with Crippen LogP contribution in [0.5, 0.6) is 0 Å². The third kappa shape index (κ3) is 3.12. The molecule has 1 amide bonds. The van der Waals surface area contributed by atoms with Crippen molar-refractivity contribution in [2.45, 2.75) is 57.9 Å². The van der Waals surface area contributed by atoms with Crippen molar-refractivity contribution >= 4 is 11.9 Å². The van der Waals surface area contributed by atoms with E-state index in [4.69, 9.17) is 4.42 Å². The van der Waals surface area contributed by atoms with Crippen molar-refractivity contribution in [3.05, 3.63) is 23.2 Å². The monoisotopic (exact) mass is 293 g/mol. The van der Waals surface area contributed by atoms with Crippen molar-refractivity contribution in [2.24, 2.45) is 0 Å². The Morgan fingerprint density at radius 3 is 2.38 bits per heavy atom. The number of aliphatic carboxylic acids is 1. The largest absolute Gasteiger partial charge is 0.481 e. The van der Waals surface area contributed by atoms with Crippen molar-refractivity contribution in [1.29, 1.82) is 0 Å². The van der Waals surface area contributed by atoms with Crippen LogP contribution in [-0.4, -0.2) is 34.5 Å². The summed E-state index contributed by atoms with van der Waals surface area (Å²) in [7, 11) is 1.72. The van der Waals surface area contributed by atoms with E-state index in [1.54, 1.807) is 31.9 Å². The second kappa shape index (κ2) is 5.92. The highest BCUT2D eigenvalue weighted by molar-refractivity contribution is 5.96. The first-order valence-electron chi connectivity index (χ1n) is 7.43. The molecular formula is C16H23NO4. The molecular weight excluding hydrogens is 270 g/mol. The summed E-state index contributed by atoms with van der Waals surface area (Å²) in [6.45, 7) is 3.57. The van der Waals surface area contributed by atoms with Gasteiger partial charge in [0.05, 0.1) is 17.5 Å². The van der Waals surface area contributed by atoms with Gasteiger partial charge in [-0.15, -0.1) is 0 Å². The number of aryl methyl sites for hydroxylation is 2. The van der Waals surface area contributed by atoms with Gasteiger partial charge in [0.25, 0.3) is 5.91 Å². The van der Waals surface area contributed by atoms with E-state index in [1.165, 1.54) is 0 Å². The summed E-state index contributed by atoms with van der Waals surface area (Å²) in [5, 5.41) is 9.23. The Labute approximate surface area is 124 Å². The molecule has 0 unspecified atom stereocenters. The van der Waals surface area contributed by atoms with E-state index < -0.39 is 11.5 Å². The number of carboxylic acids is 1. The van der Waals surface area contributed by atoms with E-state index in [2.05, 4.69) is 0 Å². The molecule has 0 spiro atoms. The van der Waals surface area contributed by atoms with Crippen LogP contribution in [0.15, 0.2) is 10.5 Å². The summed E-state index contributed by atoms with van der Waals surface area (Å²) in [6.07, 6.45) is 4.54. The number of amides is 1. The zero-order valence-electron chi connectivity index (χ0n) is 12.9. The molecule has 1 N–H and O–H groups in total. The van der Waals surface area contributed by atoms with Gasteiger partial charge in [0.2, 0.25) is 0 Å². The molecule has 21 heavy (non-hydrogen) atoms. The highest BCUT2D eigenvalue weighted by atomic mass is 16.4. The molecule has 1 aliphatic carbocycles. The molecule has 5 heteroatoms. The highest BCUT2D eigenvalue weighted by Gasteiger charge is 2.41. The van der Waals surface area contributed by atoms with Crippen LogP contribution in [0.25, 0.3) is 0 Å². The topological polar surface area (TPSA) is 70.8 Å². The number of rotatable bonds is 4. The van der Waals surface area contributed by atoms with Crippen LogP contribution in [0.3, 0.4) is 0 Å². The molecule has 0 aliphatic heterocycles. The number of hydrogen-bond acceptors (Lipinski definition) is 3. The fourth-order valence-corrected chi connectivity index (χ4v) is 3.36. The van der Waals surface area contributed by atoms with Crippen LogP contribution in [-0.2, 0) is 4.79 Å². The number of carbonyl (C=O) groups is 2. The maximum absolute atomic E-state index is 12.7. The van der Waals surface area contributed by atoms with Gasteiger partial charge in [0, 0.05) is 7.05 Å². The van der Waals surface area contributed by atoms with E-state index in [9.17, 15) is 14.7 Å². The molecule has 0 saturated heterocycles. The van der Waals surface area contributed by atoms with E-state index in [0.29, 0.717) is 17.1 Å². The van der Waals surface area contributed by atoms with E-state index in [1.807, 2.05) is 0 Å². The van der Waals surface area contributed by atoms with E-state index >= 15 is 0 Å². The van der Waals surface area contributed by atoms with Crippen molar-refractivity contribution in [1.82, 2.24) is 4.90 Å². The van der Waals surface area contributed by atoms with Crippen molar-refractivity contribution in [3.63, 3.8) is 0 Å². The number of carbonyl (C=O) groups excluding carboxylic acids is 1. The summed E-state index contributed by atoms with van der Waals surface area (Å²) in [4.78, 5) is 25.6. The molecule has 1 fully saturated rings. The second-order valence-corrected chi connectivity index (χ2v) is 6.05. The Balaban J connectivity index is 2.29. The summed E-state index contributed by atoms with van der Waals surface area (Å²) in [6, 6.07) is 1.73. The Hall–Kier alpha value is -1.78. The average molecular weight is 293 g/mol. The molecule has 1 aromatic heterocycles. The standard InChI is InChI=1S/C16H23NO4/c1-11-9-13(12(2)21-11)15(20)17(3)16(10-14(18)19)7-5-4-6-8-16/h9H,4-8,10H2,1-3H3,(H,18,19). The lowest BCUT2D eigenvalue weighted by molar-refractivity contribution is -0.140. The first-order valence-corrected chi connectivity index (χ1v) is 7.43. The zero-order valence-corrected chi connectivity index (χ0v) is 12.9. The lowest BCUT2D eigenvalue weighted by Crippen LogP contribution is -2.52. The quantitative estimate of drug-likeness (QED) is 0.925. The predicted octanol–water partition coefficient (Wildman–Crippen LogP) is 3.15. The van der Waals surface area contributed by atoms with Crippen LogP contribution >= 0.6 is 0 Å². The minimum atomic E-state index is -0.850. The third-order valence-corrected chi connectivity index (χ3v) is 4.55. The molecule has 0 bridgehead atoms. The smallest absolute Gasteiger partial charge is 0.305 e.